The van der Waals surface area contributed by atoms with Crippen molar-refractivity contribution in [2.75, 3.05) is 7.05 Å². The zero-order valence-corrected chi connectivity index (χ0v) is 9.89. The molecule has 1 heterocycles. The normalized spacial score (nSPS) is 13.2. The smallest absolute Gasteiger partial charge is 0.146 e. The highest BCUT2D eigenvalue weighted by Gasteiger charge is 2.15. The average molecular weight is 212 g/mol. The van der Waals surface area contributed by atoms with Crippen molar-refractivity contribution in [1.29, 1.82) is 0 Å². The third kappa shape index (κ3) is 2.62. The summed E-state index contributed by atoms with van der Waals surface area (Å²) in [5.41, 5.74) is 2.91. The van der Waals surface area contributed by atoms with Crippen LogP contribution in [0, 0.1) is 6.92 Å². The first-order valence-electron chi connectivity index (χ1n) is 4.62. The van der Waals surface area contributed by atoms with E-state index < -0.39 is 0 Å². The van der Waals surface area contributed by atoms with Crippen molar-refractivity contribution in [2.24, 2.45) is 0 Å². The van der Waals surface area contributed by atoms with Gasteiger partial charge in [0.05, 0.1) is 17.2 Å². The Morgan fingerprint density at radius 3 is 2.79 bits per heavy atom. The van der Waals surface area contributed by atoms with Crippen LogP contribution in [0.25, 0.3) is 0 Å². The third-order valence-corrected chi connectivity index (χ3v) is 3.41. The molecule has 0 aliphatic carbocycles. The first kappa shape index (κ1) is 11.3. The minimum atomic E-state index is -0.0171. The average Bonchev–Trinajstić information content (AvgIpc) is 2.50. The minimum Gasteiger partial charge on any atom is -0.298 e. The van der Waals surface area contributed by atoms with Crippen molar-refractivity contribution in [3.05, 3.63) is 16.1 Å². The summed E-state index contributed by atoms with van der Waals surface area (Å²) in [5.74, 6) is 0.203. The van der Waals surface area contributed by atoms with Gasteiger partial charge < -0.3 is 0 Å². The van der Waals surface area contributed by atoms with Crippen molar-refractivity contribution in [1.82, 2.24) is 9.88 Å². The van der Waals surface area contributed by atoms with Crippen molar-refractivity contribution in [2.45, 2.75) is 33.4 Å². The van der Waals surface area contributed by atoms with Gasteiger partial charge in [-0.25, -0.2) is 4.98 Å². The summed E-state index contributed by atoms with van der Waals surface area (Å²) >= 11 is 1.64. The lowest BCUT2D eigenvalue weighted by Crippen LogP contribution is -2.33. The van der Waals surface area contributed by atoms with E-state index in [1.807, 2.05) is 31.3 Å². The lowest BCUT2D eigenvalue weighted by Gasteiger charge is -2.21. The van der Waals surface area contributed by atoms with Gasteiger partial charge in [0.2, 0.25) is 0 Å². The molecule has 1 unspecified atom stereocenters. The fraction of sp³-hybridized carbons (Fsp3) is 0.600. The maximum atomic E-state index is 11.1. The van der Waals surface area contributed by atoms with Crippen LogP contribution in [0.3, 0.4) is 0 Å². The molecule has 1 aromatic rings. The summed E-state index contributed by atoms with van der Waals surface area (Å²) in [6.45, 7) is 6.36. The van der Waals surface area contributed by atoms with E-state index in [0.29, 0.717) is 0 Å². The lowest BCUT2D eigenvalue weighted by atomic mass is 10.2. The van der Waals surface area contributed by atoms with E-state index in [1.54, 1.807) is 18.3 Å². The molecule has 3 nitrogen and oxygen atoms in total. The van der Waals surface area contributed by atoms with Gasteiger partial charge in [-0.05, 0) is 27.8 Å². The van der Waals surface area contributed by atoms with Gasteiger partial charge in [-0.15, -0.1) is 11.3 Å². The zero-order valence-electron chi connectivity index (χ0n) is 9.07. The molecule has 0 fully saturated rings. The Balaban J connectivity index is 2.61. The summed E-state index contributed by atoms with van der Waals surface area (Å²) in [6, 6.07) is -0.0171. The molecule has 0 saturated heterocycles. The standard InChI is InChI=1S/C10H16N2OS/c1-7-10(14-6-11-7)5-12(4)8(2)9(3)13/h6,8H,5H2,1-4H3. The van der Waals surface area contributed by atoms with E-state index in [0.717, 1.165) is 12.2 Å². The quantitative estimate of drug-likeness (QED) is 0.764. The largest absolute Gasteiger partial charge is 0.298 e. The van der Waals surface area contributed by atoms with Gasteiger partial charge in [-0.3, -0.25) is 9.69 Å². The van der Waals surface area contributed by atoms with Crippen LogP contribution < -0.4 is 0 Å². The molecule has 78 valence electrons. The van der Waals surface area contributed by atoms with Crippen molar-refractivity contribution in [3.63, 3.8) is 0 Å². The number of carbonyl (C=O) groups is 1. The van der Waals surface area contributed by atoms with Crippen LogP contribution in [0.1, 0.15) is 24.4 Å². The van der Waals surface area contributed by atoms with Crippen molar-refractivity contribution >= 4 is 17.1 Å². The Hall–Kier alpha value is -0.740. The maximum Gasteiger partial charge on any atom is 0.146 e. The number of aryl methyl sites for hydroxylation is 1. The van der Waals surface area contributed by atoms with Crippen LogP contribution in [0.4, 0.5) is 0 Å². The molecular weight excluding hydrogens is 196 g/mol. The maximum absolute atomic E-state index is 11.1. The van der Waals surface area contributed by atoms with E-state index in [-0.39, 0.29) is 11.8 Å². The third-order valence-electron chi connectivity index (χ3n) is 2.49. The lowest BCUT2D eigenvalue weighted by molar-refractivity contribution is -0.121. The van der Waals surface area contributed by atoms with Crippen molar-refractivity contribution in [3.8, 4) is 0 Å². The number of carbonyl (C=O) groups excluding carboxylic acids is 1. The fourth-order valence-corrected chi connectivity index (χ4v) is 1.99. The van der Waals surface area contributed by atoms with E-state index >= 15 is 0 Å². The van der Waals surface area contributed by atoms with E-state index in [1.165, 1.54) is 4.88 Å². The van der Waals surface area contributed by atoms with Crippen LogP contribution in [0.2, 0.25) is 0 Å². The molecule has 0 aliphatic rings. The van der Waals surface area contributed by atoms with Crippen LogP contribution in [0.5, 0.6) is 0 Å². The molecule has 0 spiro atoms. The summed E-state index contributed by atoms with van der Waals surface area (Å²) in [5, 5.41) is 0. The molecule has 0 amide bonds. The van der Waals surface area contributed by atoms with Gasteiger partial charge in [0.25, 0.3) is 0 Å². The first-order chi connectivity index (χ1) is 6.52. The predicted molar refractivity (Wildman–Crippen MR) is 58.5 cm³/mol. The number of hydrogen-bond acceptors (Lipinski definition) is 4. The summed E-state index contributed by atoms with van der Waals surface area (Å²) in [7, 11) is 1.96. The number of hydrogen-bond donors (Lipinski definition) is 0. The van der Waals surface area contributed by atoms with Crippen LogP contribution in [-0.2, 0) is 11.3 Å². The number of nitrogens with zero attached hydrogens (tertiary/aromatic N) is 2. The molecule has 0 radical (unpaired) electrons. The van der Waals surface area contributed by atoms with Crippen molar-refractivity contribution < 1.29 is 4.79 Å². The summed E-state index contributed by atoms with van der Waals surface area (Å²) in [4.78, 5) is 18.6. The van der Waals surface area contributed by atoms with E-state index in [4.69, 9.17) is 0 Å². The van der Waals surface area contributed by atoms with Gasteiger partial charge >= 0.3 is 0 Å². The number of rotatable bonds is 4. The summed E-state index contributed by atoms with van der Waals surface area (Å²) in [6.07, 6.45) is 0. The monoisotopic (exact) mass is 212 g/mol. The second-order valence-electron chi connectivity index (χ2n) is 3.56. The first-order valence-corrected chi connectivity index (χ1v) is 5.50. The predicted octanol–water partition coefficient (Wildman–Crippen LogP) is 1.86. The van der Waals surface area contributed by atoms with Crippen LogP contribution in [0.15, 0.2) is 5.51 Å². The number of likely N-dealkylation sites (N-methyl/N-ethyl adjacent to an activating group) is 1. The highest BCUT2D eigenvalue weighted by Crippen LogP contribution is 2.15. The van der Waals surface area contributed by atoms with Gasteiger partial charge in [-0.2, -0.15) is 0 Å². The highest BCUT2D eigenvalue weighted by atomic mass is 32.1. The minimum absolute atomic E-state index is 0.0171. The molecule has 0 aliphatic heterocycles. The number of Topliss-reactive ketones (excluding diaryl/α,β-unsaturated/α-hetero) is 1. The molecule has 1 atom stereocenters. The molecule has 0 bridgehead atoms. The van der Waals surface area contributed by atoms with Gasteiger partial charge in [0.1, 0.15) is 5.78 Å². The van der Waals surface area contributed by atoms with Gasteiger partial charge in [0.15, 0.2) is 0 Å². The molecule has 4 heteroatoms. The highest BCUT2D eigenvalue weighted by molar-refractivity contribution is 7.09. The van der Waals surface area contributed by atoms with Gasteiger partial charge in [-0.1, -0.05) is 0 Å². The number of thiazole rings is 1. The summed E-state index contributed by atoms with van der Waals surface area (Å²) < 4.78 is 0. The SMILES string of the molecule is CC(=O)C(C)N(C)Cc1scnc1C. The second-order valence-corrected chi connectivity index (χ2v) is 4.50. The Morgan fingerprint density at radius 2 is 2.36 bits per heavy atom. The fourth-order valence-electron chi connectivity index (χ4n) is 1.15. The molecule has 0 aromatic carbocycles. The second kappa shape index (κ2) is 4.66. The molecular formula is C10H16N2OS. The molecule has 1 rings (SSSR count). The zero-order chi connectivity index (χ0) is 10.7. The molecule has 0 saturated carbocycles. The molecule has 14 heavy (non-hydrogen) atoms. The molecule has 1 aromatic heterocycles. The topological polar surface area (TPSA) is 33.2 Å². The van der Waals surface area contributed by atoms with Crippen LogP contribution in [-0.4, -0.2) is 28.8 Å². The number of aromatic nitrogens is 1. The van der Waals surface area contributed by atoms with Gasteiger partial charge in [0, 0.05) is 11.4 Å². The Bertz CT molecular complexity index is 322. The Kier molecular flexibility index (Phi) is 3.77. The number of ketones is 1. The van der Waals surface area contributed by atoms with Crippen LogP contribution >= 0.6 is 11.3 Å². The Labute approximate surface area is 88.8 Å². The molecule has 0 N–H and O–H groups in total. The van der Waals surface area contributed by atoms with E-state index in [9.17, 15) is 4.79 Å². The van der Waals surface area contributed by atoms with E-state index in [2.05, 4.69) is 4.98 Å². The Morgan fingerprint density at radius 1 is 1.71 bits per heavy atom.